The van der Waals surface area contributed by atoms with Crippen molar-refractivity contribution in [3.63, 3.8) is 0 Å². The Morgan fingerprint density at radius 1 is 1.38 bits per heavy atom. The van der Waals surface area contributed by atoms with Gasteiger partial charge in [0.1, 0.15) is 4.90 Å². The van der Waals surface area contributed by atoms with E-state index in [2.05, 4.69) is 30.6 Å². The van der Waals surface area contributed by atoms with Gasteiger partial charge in [-0.2, -0.15) is 4.99 Å². The largest absolute Gasteiger partial charge is 0.479 e. The number of hydrogen-bond acceptors (Lipinski definition) is 6. The highest BCUT2D eigenvalue weighted by atomic mass is 79.9. The molecule has 2 rings (SSSR count). The summed E-state index contributed by atoms with van der Waals surface area (Å²) < 4.78 is 32.0. The molecule has 0 aromatic heterocycles. The summed E-state index contributed by atoms with van der Waals surface area (Å²) in [6.45, 7) is 0. The number of nitrogens with zero attached hydrogens (tertiary/aromatic N) is 3. The lowest BCUT2D eigenvalue weighted by atomic mass is 10.4. The molecule has 0 bridgehead atoms. The number of methoxy groups -OCH3 is 1. The molecule has 2 unspecified atom stereocenters. The molecule has 0 amide bonds. The topological polar surface area (TPSA) is 120 Å². The molecule has 9 nitrogen and oxygen atoms in total. The van der Waals surface area contributed by atoms with E-state index in [0.29, 0.717) is 0 Å². The number of aliphatic imine (C=N–C) groups is 2. The second-order valence-corrected chi connectivity index (χ2v) is 7.74. The van der Waals surface area contributed by atoms with Crippen molar-refractivity contribution in [2.45, 2.75) is 16.0 Å². The first-order chi connectivity index (χ1) is 11.2. The molecule has 130 valence electrons. The highest BCUT2D eigenvalue weighted by Crippen LogP contribution is 2.29. The molecule has 0 radical (unpaired) electrons. The molecule has 0 spiro atoms. The van der Waals surface area contributed by atoms with E-state index in [9.17, 15) is 13.3 Å². The van der Waals surface area contributed by atoms with Crippen molar-refractivity contribution in [1.82, 2.24) is 4.72 Å². The van der Waals surface area contributed by atoms with Gasteiger partial charge in [-0.05, 0) is 12.1 Å². The second kappa shape index (κ2) is 7.21. The standard InChI is InChI=1S/C11H10BrCl2N4O5S/c1-23-11-9(16-10(18(19)20)8(12)15-11)17-24(21,22)6-4-2-3-5(13)7(6)14/h2-4,8,10H,1H3,(H,16,17)(H,19,20)/q+1. The average molecular weight is 461 g/mol. The minimum Gasteiger partial charge on any atom is -0.479 e. The summed E-state index contributed by atoms with van der Waals surface area (Å²) in [4.78, 5) is 17.1. The molecule has 0 aliphatic carbocycles. The third kappa shape index (κ3) is 3.79. The monoisotopic (exact) mass is 459 g/mol. The van der Waals surface area contributed by atoms with Crippen LogP contribution in [0.1, 0.15) is 0 Å². The zero-order chi connectivity index (χ0) is 18.1. The predicted octanol–water partition coefficient (Wildman–Crippen LogP) is 1.94. The van der Waals surface area contributed by atoms with Crippen LogP contribution >= 0.6 is 39.1 Å². The number of alkyl halides is 1. The fourth-order valence-corrected chi connectivity index (χ4v) is 4.01. The van der Waals surface area contributed by atoms with Crippen LogP contribution in [0.25, 0.3) is 0 Å². The quantitative estimate of drug-likeness (QED) is 0.405. The van der Waals surface area contributed by atoms with Gasteiger partial charge in [0.15, 0.2) is 0 Å². The Bertz CT molecular complexity index is 845. The lowest BCUT2D eigenvalue weighted by molar-refractivity contribution is -0.813. The number of sulfonamides is 1. The maximum atomic E-state index is 12.5. The lowest BCUT2D eigenvalue weighted by Gasteiger charge is -2.18. The van der Waals surface area contributed by atoms with Crippen molar-refractivity contribution in [3.05, 3.63) is 33.2 Å². The molecule has 1 aliphatic rings. The molecule has 1 aromatic rings. The van der Waals surface area contributed by atoms with Gasteiger partial charge in [0.05, 0.1) is 22.1 Å². The number of nitrogens with one attached hydrogen (secondary N) is 1. The van der Waals surface area contributed by atoms with Crippen LogP contribution in [0.2, 0.25) is 10.0 Å². The van der Waals surface area contributed by atoms with Crippen molar-refractivity contribution in [2.24, 2.45) is 9.98 Å². The highest BCUT2D eigenvalue weighted by Gasteiger charge is 2.40. The fourth-order valence-electron chi connectivity index (χ4n) is 1.74. The molecular weight excluding hydrogens is 451 g/mol. The van der Waals surface area contributed by atoms with E-state index >= 15 is 0 Å². The van der Waals surface area contributed by atoms with E-state index in [4.69, 9.17) is 33.1 Å². The molecule has 0 fully saturated rings. The van der Waals surface area contributed by atoms with E-state index in [-0.39, 0.29) is 26.7 Å². The lowest BCUT2D eigenvalue weighted by Crippen LogP contribution is -2.44. The summed E-state index contributed by atoms with van der Waals surface area (Å²) in [5, 5.41) is 8.90. The van der Waals surface area contributed by atoms with Crippen molar-refractivity contribution in [2.75, 3.05) is 7.11 Å². The van der Waals surface area contributed by atoms with Crippen molar-refractivity contribution >= 4 is 60.9 Å². The predicted molar refractivity (Wildman–Crippen MR) is 90.6 cm³/mol. The van der Waals surface area contributed by atoms with Crippen LogP contribution < -0.4 is 4.72 Å². The third-order valence-electron chi connectivity index (χ3n) is 2.81. The SMILES string of the molecule is COC1=NC(Br)C([N+](=O)O)N=C1NS(=O)(=O)c1cccc(Cl)c1Cl. The first-order valence-electron chi connectivity index (χ1n) is 6.13. The molecule has 1 heterocycles. The minimum absolute atomic E-state index is 0.0465. The van der Waals surface area contributed by atoms with Gasteiger partial charge in [-0.3, -0.25) is 4.72 Å². The minimum atomic E-state index is -4.20. The molecular formula is C11H10BrCl2N4O5S+. The van der Waals surface area contributed by atoms with E-state index in [1.165, 1.54) is 25.3 Å². The summed E-state index contributed by atoms with van der Waals surface area (Å²) in [5.74, 6) is -0.555. The fraction of sp³-hybridized carbons (Fsp3) is 0.273. The summed E-state index contributed by atoms with van der Waals surface area (Å²) in [5.41, 5.74) is 0. The van der Waals surface area contributed by atoms with Crippen molar-refractivity contribution < 1.29 is 23.3 Å². The second-order valence-electron chi connectivity index (χ2n) is 4.36. The van der Waals surface area contributed by atoms with Crippen LogP contribution in [0.15, 0.2) is 33.1 Å². The van der Waals surface area contributed by atoms with Crippen LogP contribution in [0, 0.1) is 4.91 Å². The van der Waals surface area contributed by atoms with E-state index in [1.54, 1.807) is 0 Å². The summed E-state index contributed by atoms with van der Waals surface area (Å²) in [6.07, 6.45) is -1.41. The van der Waals surface area contributed by atoms with Crippen LogP contribution in [0.4, 0.5) is 0 Å². The molecule has 0 saturated carbocycles. The third-order valence-corrected chi connectivity index (χ3v) is 5.80. The summed E-state index contributed by atoms with van der Waals surface area (Å²) in [6, 6.07) is 4.07. The number of amidine groups is 1. The van der Waals surface area contributed by atoms with E-state index in [0.717, 1.165) is 0 Å². The Labute approximate surface area is 155 Å². The van der Waals surface area contributed by atoms with Crippen LogP contribution in [-0.4, -0.2) is 48.5 Å². The molecule has 13 heteroatoms. The Morgan fingerprint density at radius 2 is 2.04 bits per heavy atom. The van der Waals surface area contributed by atoms with E-state index < -0.39 is 26.1 Å². The average Bonchev–Trinajstić information content (AvgIpc) is 2.50. The van der Waals surface area contributed by atoms with Gasteiger partial charge >= 0.3 is 6.17 Å². The highest BCUT2D eigenvalue weighted by molar-refractivity contribution is 9.09. The Morgan fingerprint density at radius 3 is 2.62 bits per heavy atom. The van der Waals surface area contributed by atoms with Gasteiger partial charge in [-0.15, -0.1) is 0 Å². The molecule has 1 aliphatic heterocycles. The maximum Gasteiger partial charge on any atom is 0.382 e. The summed E-state index contributed by atoms with van der Waals surface area (Å²) >= 11 is 14.7. The maximum absolute atomic E-state index is 12.5. The normalized spacial score (nSPS) is 20.8. The van der Waals surface area contributed by atoms with Gasteiger partial charge in [-0.1, -0.05) is 45.2 Å². The Balaban J connectivity index is 2.43. The number of hydrogen-bond donors (Lipinski definition) is 2. The number of halogens is 3. The molecule has 2 N–H and O–H groups in total. The Kier molecular flexibility index (Phi) is 5.68. The zero-order valence-electron chi connectivity index (χ0n) is 11.9. The van der Waals surface area contributed by atoms with Crippen LogP contribution in [-0.2, 0) is 14.8 Å². The van der Waals surface area contributed by atoms with Gasteiger partial charge in [-0.25, -0.2) is 18.6 Å². The number of benzene rings is 1. The van der Waals surface area contributed by atoms with Crippen molar-refractivity contribution in [3.8, 4) is 0 Å². The zero-order valence-corrected chi connectivity index (χ0v) is 15.8. The van der Waals surface area contributed by atoms with Crippen LogP contribution in [0.3, 0.4) is 0 Å². The first kappa shape index (κ1) is 18.9. The number of ether oxygens (including phenoxy) is 1. The molecule has 1 aromatic carbocycles. The molecule has 24 heavy (non-hydrogen) atoms. The van der Waals surface area contributed by atoms with Crippen LogP contribution in [0.5, 0.6) is 0 Å². The van der Waals surface area contributed by atoms with Gasteiger partial charge < -0.3 is 4.74 Å². The first-order valence-corrected chi connectivity index (χ1v) is 9.29. The molecule has 0 saturated heterocycles. The molecule has 2 atom stereocenters. The van der Waals surface area contributed by atoms with Gasteiger partial charge in [0, 0.05) is 0 Å². The number of rotatable bonds is 3. The van der Waals surface area contributed by atoms with Gasteiger partial charge in [0.2, 0.25) is 15.7 Å². The smallest absolute Gasteiger partial charge is 0.382 e. The van der Waals surface area contributed by atoms with Gasteiger partial charge in [0.25, 0.3) is 15.9 Å². The summed E-state index contributed by atoms with van der Waals surface area (Å²) in [7, 11) is -2.96. The van der Waals surface area contributed by atoms with Crippen molar-refractivity contribution in [1.29, 1.82) is 0 Å². The Hall–Kier alpha value is -1.43. The van der Waals surface area contributed by atoms with E-state index in [1.807, 2.05) is 0 Å².